The second kappa shape index (κ2) is 3.05. The Morgan fingerprint density at radius 3 is 1.29 bits per heavy atom. The van der Waals surface area contributed by atoms with Crippen LogP contribution in [0.4, 0.5) is 0 Å². The molecular weight excluding hydrogens is 172 g/mol. The van der Waals surface area contributed by atoms with Gasteiger partial charge in [-0.05, 0) is 38.1 Å². The second-order valence-corrected chi connectivity index (χ2v) is 3.84. The summed E-state index contributed by atoms with van der Waals surface area (Å²) in [5.41, 5.74) is 5.13. The van der Waals surface area contributed by atoms with Crippen molar-refractivity contribution < 1.29 is 0 Å². The summed E-state index contributed by atoms with van der Waals surface area (Å²) in [5.74, 6) is 0. The van der Waals surface area contributed by atoms with Crippen LogP contribution >= 0.6 is 0 Å². The van der Waals surface area contributed by atoms with Gasteiger partial charge in [0.1, 0.15) is 0 Å². The van der Waals surface area contributed by atoms with E-state index in [2.05, 4.69) is 61.3 Å². The summed E-state index contributed by atoms with van der Waals surface area (Å²) in [6.45, 7) is 4.25. The van der Waals surface area contributed by atoms with Crippen LogP contribution in [0, 0.1) is 13.8 Å². The topological polar surface area (TPSA) is 9.86 Å². The molecule has 0 atom stereocenters. The van der Waals surface area contributed by atoms with Crippen molar-refractivity contribution in [2.75, 3.05) is 0 Å². The molecule has 2 aromatic rings. The van der Waals surface area contributed by atoms with E-state index in [0.29, 0.717) is 0 Å². The van der Waals surface area contributed by atoms with Crippen molar-refractivity contribution >= 4 is 0 Å². The van der Waals surface area contributed by atoms with Crippen molar-refractivity contribution in [3.05, 3.63) is 35.7 Å². The lowest BCUT2D eigenvalue weighted by Crippen LogP contribution is -1.99. The van der Waals surface area contributed by atoms with Gasteiger partial charge in [-0.3, -0.25) is 0 Å². The molecule has 14 heavy (non-hydrogen) atoms. The van der Waals surface area contributed by atoms with Crippen LogP contribution in [-0.4, -0.2) is 9.13 Å². The Morgan fingerprint density at radius 2 is 1.07 bits per heavy atom. The van der Waals surface area contributed by atoms with Gasteiger partial charge in [0.2, 0.25) is 0 Å². The molecule has 0 aliphatic heterocycles. The highest BCUT2D eigenvalue weighted by Gasteiger charge is 2.07. The smallest absolute Gasteiger partial charge is 0.0647 e. The van der Waals surface area contributed by atoms with Crippen molar-refractivity contribution in [3.63, 3.8) is 0 Å². The zero-order chi connectivity index (χ0) is 10.3. The molecule has 2 rings (SSSR count). The molecule has 0 unspecified atom stereocenters. The minimum atomic E-state index is 1.28. The van der Waals surface area contributed by atoms with E-state index >= 15 is 0 Å². The lowest BCUT2D eigenvalue weighted by Gasteiger charge is -2.07. The summed E-state index contributed by atoms with van der Waals surface area (Å²) in [7, 11) is 4.21. The molecule has 2 heteroatoms. The molecule has 0 aromatic carbocycles. The molecule has 0 N–H and O–H groups in total. The number of aromatic nitrogens is 2. The fraction of sp³-hybridized carbons (Fsp3) is 0.333. The van der Waals surface area contributed by atoms with E-state index in [1.165, 1.54) is 22.8 Å². The molecule has 0 saturated heterocycles. The Bertz CT molecular complexity index is 416. The summed E-state index contributed by atoms with van der Waals surface area (Å²) < 4.78 is 4.43. The first-order valence-corrected chi connectivity index (χ1v) is 4.86. The Balaban J connectivity index is 2.60. The molecule has 0 aliphatic carbocycles. The molecular formula is C12H16N2. The summed E-state index contributed by atoms with van der Waals surface area (Å²) >= 11 is 0. The van der Waals surface area contributed by atoms with Gasteiger partial charge < -0.3 is 9.13 Å². The minimum absolute atomic E-state index is 1.28. The number of rotatable bonds is 1. The van der Waals surface area contributed by atoms with Crippen molar-refractivity contribution in [3.8, 4) is 11.4 Å². The maximum Gasteiger partial charge on any atom is 0.0647 e. The summed E-state index contributed by atoms with van der Waals surface area (Å²) in [6.07, 6.45) is 0. The van der Waals surface area contributed by atoms with Crippen molar-refractivity contribution in [1.29, 1.82) is 0 Å². The van der Waals surface area contributed by atoms with E-state index in [4.69, 9.17) is 0 Å². The van der Waals surface area contributed by atoms with Gasteiger partial charge in [-0.1, -0.05) is 0 Å². The van der Waals surface area contributed by atoms with Crippen LogP contribution in [0.3, 0.4) is 0 Å². The van der Waals surface area contributed by atoms with Crippen molar-refractivity contribution in [2.45, 2.75) is 13.8 Å². The minimum Gasteiger partial charge on any atom is -0.347 e. The predicted octanol–water partition coefficient (Wildman–Crippen LogP) is 2.65. The molecule has 0 radical (unpaired) electrons. The Morgan fingerprint density at radius 1 is 0.714 bits per heavy atom. The lowest BCUT2D eigenvalue weighted by atomic mass is 10.3. The molecule has 0 spiro atoms. The Labute approximate surface area is 84.8 Å². The lowest BCUT2D eigenvalue weighted by molar-refractivity contribution is 0.845. The van der Waals surface area contributed by atoms with Crippen LogP contribution in [0.15, 0.2) is 24.3 Å². The molecule has 0 amide bonds. The molecule has 2 heterocycles. The molecule has 0 aliphatic rings. The van der Waals surface area contributed by atoms with E-state index in [1.807, 2.05) is 0 Å². The molecule has 0 fully saturated rings. The van der Waals surface area contributed by atoms with Crippen LogP contribution in [0.1, 0.15) is 11.4 Å². The van der Waals surface area contributed by atoms with Crippen LogP contribution in [0.2, 0.25) is 0 Å². The summed E-state index contributed by atoms with van der Waals surface area (Å²) in [6, 6.07) is 8.64. The monoisotopic (exact) mass is 188 g/mol. The molecule has 74 valence electrons. The molecule has 0 bridgehead atoms. The maximum atomic E-state index is 2.22. The van der Waals surface area contributed by atoms with Crippen LogP contribution in [0.25, 0.3) is 11.4 Å². The third-order valence-corrected chi connectivity index (χ3v) is 3.01. The first kappa shape index (κ1) is 9.13. The van der Waals surface area contributed by atoms with Gasteiger partial charge in [0.25, 0.3) is 0 Å². The van der Waals surface area contributed by atoms with Gasteiger partial charge in [0.05, 0.1) is 11.4 Å². The van der Waals surface area contributed by atoms with E-state index in [9.17, 15) is 0 Å². The normalized spacial score (nSPS) is 10.9. The zero-order valence-corrected chi connectivity index (χ0v) is 9.20. The third kappa shape index (κ3) is 1.18. The zero-order valence-electron chi connectivity index (χ0n) is 9.20. The van der Waals surface area contributed by atoms with Gasteiger partial charge in [0, 0.05) is 25.5 Å². The fourth-order valence-electron chi connectivity index (χ4n) is 1.74. The highest BCUT2D eigenvalue weighted by atomic mass is 15.0. The molecule has 0 saturated carbocycles. The maximum absolute atomic E-state index is 2.22. The molecule has 2 nitrogen and oxygen atoms in total. The Kier molecular flexibility index (Phi) is 1.99. The van der Waals surface area contributed by atoms with E-state index in [1.54, 1.807) is 0 Å². The van der Waals surface area contributed by atoms with Crippen molar-refractivity contribution in [1.82, 2.24) is 9.13 Å². The highest BCUT2D eigenvalue weighted by molar-refractivity contribution is 5.58. The fourth-order valence-corrected chi connectivity index (χ4v) is 1.74. The quantitative estimate of drug-likeness (QED) is 0.651. The summed E-state index contributed by atoms with van der Waals surface area (Å²) in [4.78, 5) is 0. The van der Waals surface area contributed by atoms with Gasteiger partial charge >= 0.3 is 0 Å². The van der Waals surface area contributed by atoms with Crippen LogP contribution in [-0.2, 0) is 14.1 Å². The standard InChI is InChI=1S/C12H16N2/c1-9-5-7-11(13(9)3)12-8-6-10(2)14(12)4/h5-8H,1-4H3. The molecule has 2 aromatic heterocycles. The Hall–Kier alpha value is -1.44. The van der Waals surface area contributed by atoms with E-state index in [-0.39, 0.29) is 0 Å². The third-order valence-electron chi connectivity index (χ3n) is 3.01. The predicted molar refractivity (Wildman–Crippen MR) is 59.3 cm³/mol. The van der Waals surface area contributed by atoms with Gasteiger partial charge in [-0.15, -0.1) is 0 Å². The average molecular weight is 188 g/mol. The SMILES string of the molecule is Cc1ccc(-c2ccc(C)n2C)n1C. The summed E-state index contributed by atoms with van der Waals surface area (Å²) in [5, 5.41) is 0. The average Bonchev–Trinajstić information content (AvgIpc) is 2.63. The number of hydrogen-bond acceptors (Lipinski definition) is 0. The highest BCUT2D eigenvalue weighted by Crippen LogP contribution is 2.22. The number of nitrogens with zero attached hydrogens (tertiary/aromatic N) is 2. The van der Waals surface area contributed by atoms with Gasteiger partial charge in [-0.2, -0.15) is 0 Å². The second-order valence-electron chi connectivity index (χ2n) is 3.84. The van der Waals surface area contributed by atoms with E-state index < -0.39 is 0 Å². The van der Waals surface area contributed by atoms with Crippen LogP contribution in [0.5, 0.6) is 0 Å². The van der Waals surface area contributed by atoms with Gasteiger partial charge in [0.15, 0.2) is 0 Å². The first-order valence-electron chi connectivity index (χ1n) is 4.86. The number of hydrogen-bond donors (Lipinski definition) is 0. The van der Waals surface area contributed by atoms with E-state index in [0.717, 1.165) is 0 Å². The largest absolute Gasteiger partial charge is 0.347 e. The number of aryl methyl sites for hydroxylation is 2. The van der Waals surface area contributed by atoms with Gasteiger partial charge in [-0.25, -0.2) is 0 Å². The van der Waals surface area contributed by atoms with Crippen LogP contribution < -0.4 is 0 Å². The van der Waals surface area contributed by atoms with Crippen molar-refractivity contribution in [2.24, 2.45) is 14.1 Å². The first-order chi connectivity index (χ1) is 6.61.